The summed E-state index contributed by atoms with van der Waals surface area (Å²) in [5, 5.41) is 2.90. The van der Waals surface area contributed by atoms with E-state index in [2.05, 4.69) is 5.32 Å². The van der Waals surface area contributed by atoms with E-state index in [1.165, 1.54) is 0 Å². The number of piperidine rings is 1. The Balaban J connectivity index is 1.47. The van der Waals surface area contributed by atoms with Gasteiger partial charge in [0.25, 0.3) is 0 Å². The van der Waals surface area contributed by atoms with Crippen LogP contribution in [0.25, 0.3) is 0 Å². The summed E-state index contributed by atoms with van der Waals surface area (Å²) in [6, 6.07) is 15.9. The van der Waals surface area contributed by atoms with Crippen LogP contribution in [0.1, 0.15) is 24.8 Å². The van der Waals surface area contributed by atoms with E-state index in [-0.39, 0.29) is 34.8 Å². The first kappa shape index (κ1) is 21.0. The molecule has 7 heteroatoms. The molecule has 2 aromatic rings. The van der Waals surface area contributed by atoms with Crippen LogP contribution in [0.15, 0.2) is 59.5 Å². The third-order valence-corrected chi connectivity index (χ3v) is 6.96. The molecule has 1 aliphatic rings. The minimum absolute atomic E-state index is 0.0368. The quantitative estimate of drug-likeness (QED) is 0.788. The Morgan fingerprint density at radius 1 is 1.00 bits per heavy atom. The van der Waals surface area contributed by atoms with Crippen LogP contribution in [-0.4, -0.2) is 44.0 Å². The predicted octanol–water partition coefficient (Wildman–Crippen LogP) is 3.04. The van der Waals surface area contributed by atoms with Gasteiger partial charge in [0.2, 0.25) is 11.8 Å². The minimum Gasteiger partial charge on any atom is -0.343 e. The van der Waals surface area contributed by atoms with Crippen LogP contribution in [0.5, 0.6) is 0 Å². The molecule has 1 aliphatic heterocycles. The number of hydrogen-bond donors (Lipinski definition) is 1. The van der Waals surface area contributed by atoms with Gasteiger partial charge in [-0.1, -0.05) is 35.9 Å². The SMILES string of the molecule is Cc1ccc(S(=O)(=O)CCC(=O)N2CCC(C(=O)Nc3ccccc3)CC2)cc1. The van der Waals surface area contributed by atoms with Crippen LogP contribution in [0, 0.1) is 12.8 Å². The van der Waals surface area contributed by atoms with Crippen molar-refractivity contribution in [3.63, 3.8) is 0 Å². The Labute approximate surface area is 171 Å². The van der Waals surface area contributed by atoms with Crippen LogP contribution in [-0.2, 0) is 19.4 Å². The van der Waals surface area contributed by atoms with Gasteiger partial charge < -0.3 is 10.2 Å². The fourth-order valence-electron chi connectivity index (χ4n) is 3.40. The maximum absolute atomic E-state index is 12.5. The predicted molar refractivity (Wildman–Crippen MR) is 112 cm³/mol. The van der Waals surface area contributed by atoms with Crippen molar-refractivity contribution in [1.82, 2.24) is 4.90 Å². The first-order valence-electron chi connectivity index (χ1n) is 9.78. The van der Waals surface area contributed by atoms with Crippen LogP contribution in [0.4, 0.5) is 5.69 Å². The van der Waals surface area contributed by atoms with Crippen LogP contribution in [0.3, 0.4) is 0 Å². The Morgan fingerprint density at radius 3 is 2.24 bits per heavy atom. The van der Waals surface area contributed by atoms with Crippen molar-refractivity contribution in [1.29, 1.82) is 0 Å². The lowest BCUT2D eigenvalue weighted by Crippen LogP contribution is -2.41. The first-order valence-corrected chi connectivity index (χ1v) is 11.4. The number of carbonyl (C=O) groups is 2. The molecule has 1 fully saturated rings. The van der Waals surface area contributed by atoms with E-state index in [0.717, 1.165) is 11.3 Å². The summed E-state index contributed by atoms with van der Waals surface area (Å²) in [5.74, 6) is -0.563. The highest BCUT2D eigenvalue weighted by Crippen LogP contribution is 2.21. The number of anilines is 1. The van der Waals surface area contributed by atoms with Gasteiger partial charge in [0.15, 0.2) is 9.84 Å². The molecule has 1 saturated heterocycles. The van der Waals surface area contributed by atoms with Gasteiger partial charge in [-0.2, -0.15) is 0 Å². The van der Waals surface area contributed by atoms with Crippen molar-refractivity contribution in [3.05, 3.63) is 60.2 Å². The van der Waals surface area contributed by atoms with E-state index >= 15 is 0 Å². The molecule has 1 N–H and O–H groups in total. The average molecular weight is 415 g/mol. The van der Waals surface area contributed by atoms with Crippen molar-refractivity contribution in [3.8, 4) is 0 Å². The van der Waals surface area contributed by atoms with Crippen molar-refractivity contribution in [2.24, 2.45) is 5.92 Å². The number of nitrogens with zero attached hydrogens (tertiary/aromatic N) is 1. The van der Waals surface area contributed by atoms with Gasteiger partial charge in [-0.15, -0.1) is 0 Å². The molecule has 6 nitrogen and oxygen atoms in total. The fourth-order valence-corrected chi connectivity index (χ4v) is 4.63. The zero-order valence-corrected chi connectivity index (χ0v) is 17.3. The van der Waals surface area contributed by atoms with E-state index in [9.17, 15) is 18.0 Å². The third kappa shape index (κ3) is 5.67. The number of rotatable bonds is 6. The lowest BCUT2D eigenvalue weighted by Gasteiger charge is -2.31. The molecule has 0 aliphatic carbocycles. The van der Waals surface area contributed by atoms with Gasteiger partial charge in [-0.25, -0.2) is 8.42 Å². The Morgan fingerprint density at radius 2 is 1.62 bits per heavy atom. The van der Waals surface area contributed by atoms with E-state index in [1.807, 2.05) is 37.3 Å². The second-order valence-corrected chi connectivity index (χ2v) is 9.50. The number of sulfone groups is 1. The van der Waals surface area contributed by atoms with Gasteiger partial charge in [0.1, 0.15) is 0 Å². The lowest BCUT2D eigenvalue weighted by molar-refractivity contribution is -0.134. The van der Waals surface area contributed by atoms with Crippen LogP contribution in [0.2, 0.25) is 0 Å². The van der Waals surface area contributed by atoms with Gasteiger partial charge in [-0.05, 0) is 44.0 Å². The highest BCUT2D eigenvalue weighted by atomic mass is 32.2. The topological polar surface area (TPSA) is 83.6 Å². The molecule has 0 radical (unpaired) electrons. The van der Waals surface area contributed by atoms with Crippen LogP contribution < -0.4 is 5.32 Å². The lowest BCUT2D eigenvalue weighted by atomic mass is 9.95. The Hall–Kier alpha value is -2.67. The molecule has 0 atom stereocenters. The van der Waals surface area contributed by atoms with E-state index in [0.29, 0.717) is 25.9 Å². The van der Waals surface area contributed by atoms with Crippen molar-refractivity contribution >= 4 is 27.3 Å². The maximum atomic E-state index is 12.5. The molecule has 154 valence electrons. The Bertz CT molecular complexity index is 948. The number of carbonyl (C=O) groups excluding carboxylic acids is 2. The zero-order chi connectivity index (χ0) is 20.9. The normalized spacial score (nSPS) is 15.1. The second kappa shape index (κ2) is 9.22. The summed E-state index contributed by atoms with van der Waals surface area (Å²) in [4.78, 5) is 26.8. The molecule has 0 bridgehead atoms. The number of benzene rings is 2. The molecule has 0 aromatic heterocycles. The smallest absolute Gasteiger partial charge is 0.227 e. The summed E-state index contributed by atoms with van der Waals surface area (Å²) in [5.41, 5.74) is 1.75. The Kier molecular flexibility index (Phi) is 6.69. The summed E-state index contributed by atoms with van der Waals surface area (Å²) < 4.78 is 24.8. The molecule has 29 heavy (non-hydrogen) atoms. The van der Waals surface area contributed by atoms with Gasteiger partial charge in [-0.3, -0.25) is 9.59 Å². The van der Waals surface area contributed by atoms with Crippen molar-refractivity contribution in [2.45, 2.75) is 31.1 Å². The van der Waals surface area contributed by atoms with Gasteiger partial charge in [0, 0.05) is 31.1 Å². The van der Waals surface area contributed by atoms with E-state index in [1.54, 1.807) is 29.2 Å². The van der Waals surface area contributed by atoms with Crippen LogP contribution >= 0.6 is 0 Å². The average Bonchev–Trinajstić information content (AvgIpc) is 2.73. The molecule has 2 aromatic carbocycles. The molecular formula is C22H26N2O4S. The highest BCUT2D eigenvalue weighted by molar-refractivity contribution is 7.91. The fraction of sp³-hybridized carbons (Fsp3) is 0.364. The zero-order valence-electron chi connectivity index (χ0n) is 16.5. The number of likely N-dealkylation sites (tertiary alicyclic amines) is 1. The molecule has 0 spiro atoms. The summed E-state index contributed by atoms with van der Waals surface area (Å²) in [7, 11) is -3.48. The third-order valence-electron chi connectivity index (χ3n) is 5.22. The van der Waals surface area contributed by atoms with E-state index in [4.69, 9.17) is 0 Å². The number of hydrogen-bond acceptors (Lipinski definition) is 4. The highest BCUT2D eigenvalue weighted by Gasteiger charge is 2.28. The number of amides is 2. The summed E-state index contributed by atoms with van der Waals surface area (Å²) >= 11 is 0. The number of para-hydroxylation sites is 1. The second-order valence-electron chi connectivity index (χ2n) is 7.39. The maximum Gasteiger partial charge on any atom is 0.227 e. The molecule has 3 rings (SSSR count). The minimum atomic E-state index is -3.48. The monoisotopic (exact) mass is 414 g/mol. The van der Waals surface area contributed by atoms with E-state index < -0.39 is 9.84 Å². The standard InChI is InChI=1S/C22H26N2O4S/c1-17-7-9-20(10-8-17)29(27,28)16-13-21(25)24-14-11-18(12-15-24)22(26)23-19-5-3-2-4-6-19/h2-10,18H,11-16H2,1H3,(H,23,26). The molecule has 0 unspecified atom stereocenters. The molecule has 0 saturated carbocycles. The molecular weight excluding hydrogens is 388 g/mol. The van der Waals surface area contributed by atoms with Gasteiger partial charge in [0.05, 0.1) is 10.6 Å². The summed E-state index contributed by atoms with van der Waals surface area (Å²) in [6.07, 6.45) is 1.11. The number of aryl methyl sites for hydroxylation is 1. The first-order chi connectivity index (χ1) is 13.8. The van der Waals surface area contributed by atoms with Crippen molar-refractivity contribution in [2.75, 3.05) is 24.2 Å². The molecule has 2 amide bonds. The number of nitrogens with one attached hydrogen (secondary N) is 1. The van der Waals surface area contributed by atoms with Gasteiger partial charge >= 0.3 is 0 Å². The summed E-state index contributed by atoms with van der Waals surface area (Å²) in [6.45, 7) is 2.83. The van der Waals surface area contributed by atoms with Crippen molar-refractivity contribution < 1.29 is 18.0 Å². The molecule has 1 heterocycles. The largest absolute Gasteiger partial charge is 0.343 e.